The highest BCUT2D eigenvalue weighted by atomic mass is 16.5. The maximum absolute atomic E-state index is 12.5. The summed E-state index contributed by atoms with van der Waals surface area (Å²) in [5, 5.41) is 0. The number of esters is 1. The third-order valence-electron chi connectivity index (χ3n) is 3.90. The molecular formula is C18H30N2O5. The van der Waals surface area contributed by atoms with E-state index in [9.17, 15) is 9.59 Å². The summed E-state index contributed by atoms with van der Waals surface area (Å²) in [6, 6.07) is 0. The Morgan fingerprint density at radius 2 is 1.92 bits per heavy atom. The van der Waals surface area contributed by atoms with Crippen LogP contribution in [0, 0.1) is 0 Å². The number of ether oxygens (including phenoxy) is 2. The van der Waals surface area contributed by atoms with Crippen molar-refractivity contribution >= 4 is 11.9 Å². The van der Waals surface area contributed by atoms with Crippen LogP contribution in [0.15, 0.2) is 10.7 Å². The summed E-state index contributed by atoms with van der Waals surface area (Å²) in [5.74, 6) is -0.147. The zero-order valence-corrected chi connectivity index (χ0v) is 15.6. The van der Waals surface area contributed by atoms with Gasteiger partial charge in [-0.05, 0) is 12.8 Å². The smallest absolute Gasteiger partial charge is 0.360 e. The van der Waals surface area contributed by atoms with Crippen molar-refractivity contribution in [1.82, 2.24) is 9.88 Å². The zero-order chi connectivity index (χ0) is 18.5. The van der Waals surface area contributed by atoms with Crippen molar-refractivity contribution in [2.24, 2.45) is 0 Å². The second-order valence-electron chi connectivity index (χ2n) is 5.94. The lowest BCUT2D eigenvalue weighted by Gasteiger charge is -2.21. The molecule has 0 aliphatic carbocycles. The fourth-order valence-electron chi connectivity index (χ4n) is 2.47. The van der Waals surface area contributed by atoms with Crippen LogP contribution < -0.4 is 0 Å². The largest absolute Gasteiger partial charge is 0.464 e. The molecule has 7 nitrogen and oxygen atoms in total. The Labute approximate surface area is 149 Å². The van der Waals surface area contributed by atoms with E-state index in [0.29, 0.717) is 25.5 Å². The summed E-state index contributed by atoms with van der Waals surface area (Å²) in [7, 11) is 2.92. The highest BCUT2D eigenvalue weighted by Crippen LogP contribution is 2.12. The lowest BCUT2D eigenvalue weighted by molar-refractivity contribution is -0.132. The first-order valence-electron chi connectivity index (χ1n) is 8.91. The van der Waals surface area contributed by atoms with Gasteiger partial charge in [0.05, 0.1) is 13.7 Å². The number of unbranched alkanes of at least 4 members (excludes halogenated alkanes) is 4. The van der Waals surface area contributed by atoms with E-state index >= 15 is 0 Å². The molecule has 142 valence electrons. The topological polar surface area (TPSA) is 81.9 Å². The minimum absolute atomic E-state index is 0.0745. The van der Waals surface area contributed by atoms with E-state index in [1.807, 2.05) is 0 Å². The fourth-order valence-corrected chi connectivity index (χ4v) is 2.47. The van der Waals surface area contributed by atoms with Gasteiger partial charge in [0.1, 0.15) is 6.26 Å². The van der Waals surface area contributed by atoms with Crippen molar-refractivity contribution in [2.45, 2.75) is 58.4 Å². The molecule has 0 fully saturated rings. The molecule has 25 heavy (non-hydrogen) atoms. The van der Waals surface area contributed by atoms with Crippen LogP contribution in [-0.4, -0.2) is 49.1 Å². The standard InChI is InChI=1S/C18H30N2O5/c1-4-5-6-7-8-10-17(21)20(11-9-12-23-2)13-16-19-15(14-25-16)18(22)24-3/h14H,4-13H2,1-3H3. The maximum atomic E-state index is 12.5. The van der Waals surface area contributed by atoms with Gasteiger partial charge in [-0.25, -0.2) is 9.78 Å². The number of hydrogen-bond acceptors (Lipinski definition) is 6. The van der Waals surface area contributed by atoms with Crippen LogP contribution in [0.4, 0.5) is 0 Å². The van der Waals surface area contributed by atoms with Gasteiger partial charge in [0, 0.05) is 26.7 Å². The molecular weight excluding hydrogens is 324 g/mol. The number of aromatic nitrogens is 1. The maximum Gasteiger partial charge on any atom is 0.360 e. The third-order valence-corrected chi connectivity index (χ3v) is 3.90. The summed E-state index contributed by atoms with van der Waals surface area (Å²) in [6.07, 6.45) is 8.01. The average Bonchev–Trinajstić information content (AvgIpc) is 3.08. The van der Waals surface area contributed by atoms with Gasteiger partial charge < -0.3 is 18.8 Å². The molecule has 1 rings (SSSR count). The first kappa shape index (κ1) is 21.2. The quantitative estimate of drug-likeness (QED) is 0.400. The molecule has 0 radical (unpaired) electrons. The van der Waals surface area contributed by atoms with Crippen LogP contribution in [0.2, 0.25) is 0 Å². The predicted molar refractivity (Wildman–Crippen MR) is 93.1 cm³/mol. The molecule has 1 heterocycles. The van der Waals surface area contributed by atoms with E-state index in [-0.39, 0.29) is 18.1 Å². The summed E-state index contributed by atoms with van der Waals surface area (Å²) >= 11 is 0. The molecule has 0 bridgehead atoms. The van der Waals surface area contributed by atoms with Gasteiger partial charge in [-0.1, -0.05) is 32.6 Å². The Morgan fingerprint density at radius 3 is 2.60 bits per heavy atom. The van der Waals surface area contributed by atoms with Gasteiger partial charge >= 0.3 is 5.97 Å². The molecule has 0 aliphatic rings. The number of oxazole rings is 1. The molecule has 0 atom stereocenters. The van der Waals surface area contributed by atoms with Gasteiger partial charge in [0.25, 0.3) is 0 Å². The highest BCUT2D eigenvalue weighted by Gasteiger charge is 2.18. The number of methoxy groups -OCH3 is 2. The van der Waals surface area contributed by atoms with Crippen LogP contribution in [0.1, 0.15) is 68.2 Å². The van der Waals surface area contributed by atoms with Gasteiger partial charge in [0.15, 0.2) is 5.69 Å². The van der Waals surface area contributed by atoms with Crippen LogP contribution in [0.25, 0.3) is 0 Å². The van der Waals surface area contributed by atoms with Crippen LogP contribution in [-0.2, 0) is 20.8 Å². The zero-order valence-electron chi connectivity index (χ0n) is 15.6. The van der Waals surface area contributed by atoms with Crippen LogP contribution in [0.5, 0.6) is 0 Å². The fraction of sp³-hybridized carbons (Fsp3) is 0.722. The molecule has 0 aromatic carbocycles. The first-order chi connectivity index (χ1) is 12.1. The Kier molecular flexibility index (Phi) is 10.6. The lowest BCUT2D eigenvalue weighted by atomic mass is 10.1. The van der Waals surface area contributed by atoms with Crippen LogP contribution in [0.3, 0.4) is 0 Å². The number of carbonyl (C=O) groups is 2. The van der Waals surface area contributed by atoms with Gasteiger partial charge in [-0.3, -0.25) is 4.79 Å². The Balaban J connectivity index is 2.57. The van der Waals surface area contributed by atoms with E-state index in [1.54, 1.807) is 12.0 Å². The summed E-state index contributed by atoms with van der Waals surface area (Å²) in [6.45, 7) is 3.56. The summed E-state index contributed by atoms with van der Waals surface area (Å²) in [4.78, 5) is 29.7. The number of nitrogens with zero attached hydrogens (tertiary/aromatic N) is 2. The van der Waals surface area contributed by atoms with E-state index in [4.69, 9.17) is 9.15 Å². The number of amides is 1. The van der Waals surface area contributed by atoms with Gasteiger partial charge in [0.2, 0.25) is 11.8 Å². The molecule has 1 aromatic rings. The van der Waals surface area contributed by atoms with Gasteiger partial charge in [-0.2, -0.15) is 0 Å². The highest BCUT2D eigenvalue weighted by molar-refractivity contribution is 5.86. The third kappa shape index (κ3) is 8.16. The first-order valence-corrected chi connectivity index (χ1v) is 8.91. The average molecular weight is 354 g/mol. The van der Waals surface area contributed by atoms with Crippen LogP contribution >= 0.6 is 0 Å². The number of carbonyl (C=O) groups excluding carboxylic acids is 2. The Morgan fingerprint density at radius 1 is 1.16 bits per heavy atom. The second kappa shape index (κ2) is 12.5. The molecule has 0 spiro atoms. The van der Waals surface area contributed by atoms with Gasteiger partial charge in [-0.15, -0.1) is 0 Å². The molecule has 1 amide bonds. The van der Waals surface area contributed by atoms with E-state index in [0.717, 1.165) is 25.7 Å². The molecule has 0 N–H and O–H groups in total. The van der Waals surface area contributed by atoms with Crippen molar-refractivity contribution in [3.8, 4) is 0 Å². The lowest BCUT2D eigenvalue weighted by Crippen LogP contribution is -2.32. The molecule has 0 saturated carbocycles. The van der Waals surface area contributed by atoms with Crippen molar-refractivity contribution in [3.63, 3.8) is 0 Å². The van der Waals surface area contributed by atoms with E-state index < -0.39 is 5.97 Å². The summed E-state index contributed by atoms with van der Waals surface area (Å²) in [5.41, 5.74) is 0.112. The molecule has 0 unspecified atom stereocenters. The van der Waals surface area contributed by atoms with E-state index in [1.165, 1.54) is 26.2 Å². The minimum atomic E-state index is -0.553. The Hall–Kier alpha value is -1.89. The number of hydrogen-bond donors (Lipinski definition) is 0. The summed E-state index contributed by atoms with van der Waals surface area (Å²) < 4.78 is 15.0. The minimum Gasteiger partial charge on any atom is -0.464 e. The second-order valence-corrected chi connectivity index (χ2v) is 5.94. The van der Waals surface area contributed by atoms with Crippen molar-refractivity contribution in [1.29, 1.82) is 0 Å². The predicted octanol–water partition coefficient (Wildman–Crippen LogP) is 3.19. The van der Waals surface area contributed by atoms with Crippen molar-refractivity contribution < 1.29 is 23.5 Å². The Bertz CT molecular complexity index is 515. The molecule has 0 saturated heterocycles. The van der Waals surface area contributed by atoms with Crippen molar-refractivity contribution in [2.75, 3.05) is 27.4 Å². The normalized spacial score (nSPS) is 10.7. The molecule has 7 heteroatoms. The van der Waals surface area contributed by atoms with E-state index in [2.05, 4.69) is 16.6 Å². The monoisotopic (exact) mass is 354 g/mol. The number of rotatable bonds is 13. The SMILES string of the molecule is CCCCCCCC(=O)N(CCCOC)Cc1nc(C(=O)OC)co1. The molecule has 0 aliphatic heterocycles. The van der Waals surface area contributed by atoms with Crippen molar-refractivity contribution in [3.05, 3.63) is 17.8 Å². The molecule has 1 aromatic heterocycles.